The molecule has 0 aliphatic heterocycles. The Morgan fingerprint density at radius 3 is 2.66 bits per heavy atom. The fourth-order valence-electron chi connectivity index (χ4n) is 3.42. The van der Waals surface area contributed by atoms with Gasteiger partial charge in [-0.25, -0.2) is 9.37 Å². The Morgan fingerprint density at radius 1 is 1.17 bits per heavy atom. The average Bonchev–Trinajstić information content (AvgIpc) is 3.01. The average molecular weight is 411 g/mol. The van der Waals surface area contributed by atoms with Gasteiger partial charge in [-0.2, -0.15) is 0 Å². The summed E-state index contributed by atoms with van der Waals surface area (Å²) < 4.78 is 13.3. The van der Waals surface area contributed by atoms with Crippen LogP contribution in [0.15, 0.2) is 65.6 Å². The molecule has 5 heteroatoms. The molecule has 1 heterocycles. The number of carbonyl (C=O) groups is 1. The van der Waals surface area contributed by atoms with E-state index < -0.39 is 0 Å². The third kappa shape index (κ3) is 5.73. The summed E-state index contributed by atoms with van der Waals surface area (Å²) in [5.74, 6) is -0.399. The molecule has 0 fully saturated rings. The quantitative estimate of drug-likeness (QED) is 0.544. The van der Waals surface area contributed by atoms with Crippen LogP contribution in [0.2, 0.25) is 0 Å². The Bertz CT molecular complexity index is 907. The van der Waals surface area contributed by atoms with Crippen molar-refractivity contribution in [1.82, 2.24) is 4.98 Å². The number of nitrogens with zero attached hydrogens (tertiary/aromatic N) is 2. The lowest BCUT2D eigenvalue weighted by Gasteiger charge is -2.17. The maximum atomic E-state index is 13.3. The van der Waals surface area contributed by atoms with E-state index in [0.717, 1.165) is 35.9 Å². The van der Waals surface area contributed by atoms with Gasteiger partial charge in [0.1, 0.15) is 5.82 Å². The minimum absolute atomic E-state index is 0.106. The number of allylic oxidation sites excluding steroid dienone is 6. The maximum Gasteiger partial charge on any atom is 0.185 e. The lowest BCUT2D eigenvalue weighted by Crippen LogP contribution is -2.23. The Hall–Kier alpha value is -2.53. The van der Waals surface area contributed by atoms with Crippen molar-refractivity contribution in [3.63, 3.8) is 0 Å². The number of halogens is 1. The highest BCUT2D eigenvalue weighted by Crippen LogP contribution is 2.25. The molecular weight excluding hydrogens is 383 g/mol. The van der Waals surface area contributed by atoms with Gasteiger partial charge in [0.05, 0.1) is 5.69 Å². The van der Waals surface area contributed by atoms with Gasteiger partial charge in [0.2, 0.25) is 0 Å². The van der Waals surface area contributed by atoms with E-state index in [4.69, 9.17) is 4.98 Å². The molecule has 2 aromatic rings. The normalized spacial score (nSPS) is 14.4. The van der Waals surface area contributed by atoms with E-state index >= 15 is 0 Å². The van der Waals surface area contributed by atoms with Gasteiger partial charge in [0.15, 0.2) is 10.9 Å². The van der Waals surface area contributed by atoms with Crippen molar-refractivity contribution in [1.29, 1.82) is 0 Å². The highest BCUT2D eigenvalue weighted by atomic mass is 32.1. The van der Waals surface area contributed by atoms with Gasteiger partial charge in [-0.05, 0) is 44.4 Å². The Labute approximate surface area is 176 Å². The second-order valence-corrected chi connectivity index (χ2v) is 7.91. The van der Waals surface area contributed by atoms with Gasteiger partial charge in [-0.1, -0.05) is 42.5 Å². The van der Waals surface area contributed by atoms with E-state index in [1.54, 1.807) is 23.5 Å². The summed E-state index contributed by atoms with van der Waals surface area (Å²) in [6, 6.07) is 6.42. The fourth-order valence-corrected chi connectivity index (χ4v) is 4.39. The van der Waals surface area contributed by atoms with Crippen LogP contribution >= 0.6 is 11.3 Å². The summed E-state index contributed by atoms with van der Waals surface area (Å²) in [7, 11) is 0. The zero-order valence-electron chi connectivity index (χ0n) is 17.0. The van der Waals surface area contributed by atoms with E-state index in [0.29, 0.717) is 18.4 Å². The van der Waals surface area contributed by atoms with Gasteiger partial charge in [-0.3, -0.25) is 4.79 Å². The second-order valence-electron chi connectivity index (χ2n) is 7.08. The summed E-state index contributed by atoms with van der Waals surface area (Å²) in [6.45, 7) is 6.05. The van der Waals surface area contributed by atoms with Gasteiger partial charge in [-0.15, -0.1) is 11.3 Å². The van der Waals surface area contributed by atoms with E-state index in [9.17, 15) is 9.18 Å². The number of Topliss-reactive ketones (excluding diaryl/α,β-unsaturated/α-hetero) is 1. The number of ketones is 1. The number of hydrogen-bond donors (Lipinski definition) is 0. The summed E-state index contributed by atoms with van der Waals surface area (Å²) >= 11 is 1.62. The Kier molecular flexibility index (Phi) is 7.53. The first kappa shape index (κ1) is 21.2. The number of hydrogen-bond acceptors (Lipinski definition) is 4. The van der Waals surface area contributed by atoms with Gasteiger partial charge >= 0.3 is 0 Å². The molecule has 0 saturated carbocycles. The van der Waals surface area contributed by atoms with Crippen LogP contribution in [0.3, 0.4) is 0 Å². The fraction of sp³-hybridized carbons (Fsp3) is 0.333. The zero-order chi connectivity index (χ0) is 20.6. The summed E-state index contributed by atoms with van der Waals surface area (Å²) in [4.78, 5) is 20.3. The first-order valence-electron chi connectivity index (χ1n) is 10.1. The van der Waals surface area contributed by atoms with Crippen LogP contribution in [0.1, 0.15) is 31.5 Å². The highest BCUT2D eigenvalue weighted by Gasteiger charge is 2.23. The summed E-state index contributed by atoms with van der Waals surface area (Å²) in [5, 5.41) is 3.05. The summed E-state index contributed by atoms with van der Waals surface area (Å²) in [6.07, 6.45) is 11.7. The van der Waals surface area contributed by atoms with Crippen LogP contribution < -0.4 is 4.90 Å². The highest BCUT2D eigenvalue weighted by molar-refractivity contribution is 7.13. The van der Waals surface area contributed by atoms with Crippen LogP contribution in [0.5, 0.6) is 0 Å². The lowest BCUT2D eigenvalue weighted by atomic mass is 9.87. The molecule has 1 aromatic heterocycles. The molecule has 1 atom stereocenters. The van der Waals surface area contributed by atoms with Crippen molar-refractivity contribution in [2.75, 3.05) is 18.0 Å². The van der Waals surface area contributed by atoms with Crippen molar-refractivity contribution >= 4 is 22.3 Å². The Balaban J connectivity index is 1.84. The number of rotatable bonds is 9. The molecule has 29 heavy (non-hydrogen) atoms. The van der Waals surface area contributed by atoms with Crippen LogP contribution in [0, 0.1) is 11.7 Å². The van der Waals surface area contributed by atoms with Crippen molar-refractivity contribution < 1.29 is 9.18 Å². The lowest BCUT2D eigenvalue weighted by molar-refractivity contribution is -0.118. The number of anilines is 1. The first-order chi connectivity index (χ1) is 14.1. The third-order valence-electron chi connectivity index (χ3n) is 5.06. The number of carbonyl (C=O) groups excluding carboxylic acids is 1. The molecule has 1 aromatic carbocycles. The topological polar surface area (TPSA) is 33.2 Å². The van der Waals surface area contributed by atoms with E-state index in [1.807, 2.05) is 30.4 Å². The number of aromatic nitrogens is 1. The smallest absolute Gasteiger partial charge is 0.185 e. The van der Waals surface area contributed by atoms with Crippen LogP contribution in [-0.4, -0.2) is 23.9 Å². The van der Waals surface area contributed by atoms with Crippen LogP contribution in [-0.2, 0) is 17.6 Å². The molecule has 0 radical (unpaired) electrons. The SMILES string of the molecule is CCN(CC)c1nc(CC(Cc2ccc(F)cc2)C(=O)C2=CC=CCC=C2)cs1. The molecule has 3 nitrogen and oxygen atoms in total. The standard InChI is InChI=1S/C24H27FN2OS/c1-3-27(4-2)24-26-22(17-29-24)16-20(15-18-11-13-21(25)14-12-18)23(28)19-9-7-5-6-8-10-19/h5,7-14,17,20H,3-4,6,15-16H2,1-2H3. The predicted octanol–water partition coefficient (Wildman–Crippen LogP) is 5.54. The monoisotopic (exact) mass is 410 g/mol. The number of thiazole rings is 1. The third-order valence-corrected chi connectivity index (χ3v) is 6.01. The number of benzene rings is 1. The minimum atomic E-state index is -0.264. The van der Waals surface area contributed by atoms with Crippen LogP contribution in [0.25, 0.3) is 0 Å². The zero-order valence-corrected chi connectivity index (χ0v) is 17.8. The van der Waals surface area contributed by atoms with Crippen molar-refractivity contribution in [2.24, 2.45) is 5.92 Å². The molecular formula is C24H27FN2OS. The van der Waals surface area contributed by atoms with Gasteiger partial charge in [0.25, 0.3) is 0 Å². The van der Waals surface area contributed by atoms with E-state index in [2.05, 4.69) is 24.1 Å². The molecule has 1 unspecified atom stereocenters. The first-order valence-corrected chi connectivity index (χ1v) is 11.0. The predicted molar refractivity (Wildman–Crippen MR) is 119 cm³/mol. The van der Waals surface area contributed by atoms with Crippen LogP contribution in [0.4, 0.5) is 9.52 Å². The molecule has 3 rings (SSSR count). The molecule has 1 aliphatic carbocycles. The molecule has 0 spiro atoms. The maximum absolute atomic E-state index is 13.3. The second kappa shape index (κ2) is 10.3. The molecule has 0 N–H and O–H groups in total. The van der Waals surface area contributed by atoms with E-state index in [1.165, 1.54) is 12.1 Å². The van der Waals surface area contributed by atoms with Gasteiger partial charge in [0, 0.05) is 36.4 Å². The van der Waals surface area contributed by atoms with Gasteiger partial charge < -0.3 is 4.90 Å². The van der Waals surface area contributed by atoms with Crippen molar-refractivity contribution in [3.05, 3.63) is 82.7 Å². The van der Waals surface area contributed by atoms with E-state index in [-0.39, 0.29) is 17.5 Å². The molecule has 152 valence electrons. The minimum Gasteiger partial charge on any atom is -0.349 e. The molecule has 0 bridgehead atoms. The Morgan fingerprint density at radius 2 is 1.93 bits per heavy atom. The molecule has 0 amide bonds. The van der Waals surface area contributed by atoms with Crippen molar-refractivity contribution in [2.45, 2.75) is 33.1 Å². The van der Waals surface area contributed by atoms with Crippen molar-refractivity contribution in [3.8, 4) is 0 Å². The summed E-state index contributed by atoms with van der Waals surface area (Å²) in [5.41, 5.74) is 2.61. The largest absolute Gasteiger partial charge is 0.349 e. The molecule has 1 aliphatic rings. The molecule has 0 saturated heterocycles.